The Bertz CT molecular complexity index is 836. The number of aliphatic hydroxyl groups excluding tert-OH is 1. The number of carbonyl (C=O) groups is 1. The molecule has 7 heteroatoms. The van der Waals surface area contributed by atoms with Gasteiger partial charge in [-0.3, -0.25) is 9.69 Å². The highest BCUT2D eigenvalue weighted by Gasteiger charge is 2.54. The van der Waals surface area contributed by atoms with Crippen molar-refractivity contribution in [2.75, 3.05) is 12.4 Å². The number of benzene rings is 1. The first-order valence-electron chi connectivity index (χ1n) is 9.67. The monoisotopic (exact) mass is 390 g/mol. The molecular weight excluding hydrogens is 359 g/mol. The van der Waals surface area contributed by atoms with E-state index >= 15 is 0 Å². The van der Waals surface area contributed by atoms with E-state index in [1.54, 1.807) is 40.0 Å². The van der Waals surface area contributed by atoms with E-state index in [4.69, 9.17) is 5.73 Å². The molecule has 3 unspecified atom stereocenters. The number of halogens is 1. The highest BCUT2D eigenvalue weighted by Crippen LogP contribution is 2.48. The molecular formula is C21H31FN4O2. The lowest BCUT2D eigenvalue weighted by molar-refractivity contribution is -0.140. The van der Waals surface area contributed by atoms with E-state index in [2.05, 4.69) is 24.2 Å². The standard InChI is InChI=1S/C21H31FN4O2/c1-19(2)10-15(16(27)11-19)24-12-7-8-14(22)13(9-12)21(5)20(3,4)17(28)26(6)18(23)25-21/h7-9,15-16,24,27H,10-11H2,1-6H3,(H2,23,25). The van der Waals surface area contributed by atoms with Crippen molar-refractivity contribution in [2.45, 2.75) is 65.1 Å². The molecule has 1 saturated carbocycles. The van der Waals surface area contributed by atoms with Crippen LogP contribution in [-0.2, 0) is 10.3 Å². The molecule has 1 fully saturated rings. The van der Waals surface area contributed by atoms with Crippen LogP contribution < -0.4 is 11.1 Å². The second-order valence-electron chi connectivity index (χ2n) is 9.62. The lowest BCUT2D eigenvalue weighted by atomic mass is 9.67. The van der Waals surface area contributed by atoms with Gasteiger partial charge < -0.3 is 16.2 Å². The normalized spacial score (nSPS) is 31.6. The van der Waals surface area contributed by atoms with Gasteiger partial charge in [-0.25, -0.2) is 9.38 Å². The zero-order valence-corrected chi connectivity index (χ0v) is 17.5. The fourth-order valence-electron chi connectivity index (χ4n) is 4.44. The third-order valence-corrected chi connectivity index (χ3v) is 6.58. The number of aliphatic hydroxyl groups is 1. The largest absolute Gasteiger partial charge is 0.391 e. The third-order valence-electron chi connectivity index (χ3n) is 6.58. The predicted molar refractivity (Wildman–Crippen MR) is 108 cm³/mol. The molecule has 3 rings (SSSR count). The smallest absolute Gasteiger partial charge is 0.237 e. The van der Waals surface area contributed by atoms with Crippen LogP contribution in [0.5, 0.6) is 0 Å². The Hall–Kier alpha value is -2.15. The number of nitrogens with zero attached hydrogens (tertiary/aromatic N) is 2. The minimum Gasteiger partial charge on any atom is -0.391 e. The Kier molecular flexibility index (Phi) is 4.73. The quantitative estimate of drug-likeness (QED) is 0.740. The van der Waals surface area contributed by atoms with E-state index in [-0.39, 0.29) is 23.3 Å². The van der Waals surface area contributed by atoms with Crippen LogP contribution in [0.3, 0.4) is 0 Å². The summed E-state index contributed by atoms with van der Waals surface area (Å²) in [5.74, 6) is -0.590. The molecule has 0 aromatic heterocycles. The molecule has 0 spiro atoms. The Labute approximate surface area is 166 Å². The number of nitrogens with two attached hydrogens (primary N) is 1. The fraction of sp³-hybridized carbons (Fsp3) is 0.619. The van der Waals surface area contributed by atoms with Crippen LogP contribution in [-0.4, -0.2) is 41.1 Å². The number of nitrogens with one attached hydrogen (secondary N) is 1. The van der Waals surface area contributed by atoms with Gasteiger partial charge in [-0.05, 0) is 57.2 Å². The van der Waals surface area contributed by atoms with Crippen LogP contribution in [0.1, 0.15) is 53.0 Å². The van der Waals surface area contributed by atoms with Crippen LogP contribution in [0.4, 0.5) is 10.1 Å². The van der Waals surface area contributed by atoms with Gasteiger partial charge >= 0.3 is 0 Å². The topological polar surface area (TPSA) is 91.0 Å². The number of carbonyl (C=O) groups excluding carboxylic acids is 1. The Balaban J connectivity index is 2.01. The van der Waals surface area contributed by atoms with E-state index in [0.717, 1.165) is 6.42 Å². The number of anilines is 1. The number of rotatable bonds is 3. The van der Waals surface area contributed by atoms with Crippen LogP contribution in [0.2, 0.25) is 0 Å². The average Bonchev–Trinajstić information content (AvgIpc) is 2.85. The molecule has 1 aliphatic carbocycles. The SMILES string of the molecule is CN1C(=O)C(C)(C)C(C)(c2cc(NC3CC(C)(C)CC3O)ccc2F)N=C1N. The van der Waals surface area contributed by atoms with Crippen LogP contribution in [0.25, 0.3) is 0 Å². The molecule has 28 heavy (non-hydrogen) atoms. The summed E-state index contributed by atoms with van der Waals surface area (Å²) in [5, 5.41) is 13.7. The van der Waals surface area contributed by atoms with E-state index in [1.165, 1.54) is 11.0 Å². The summed E-state index contributed by atoms with van der Waals surface area (Å²) < 4.78 is 14.9. The van der Waals surface area contributed by atoms with Gasteiger partial charge in [0, 0.05) is 18.3 Å². The first kappa shape index (κ1) is 20.6. The summed E-state index contributed by atoms with van der Waals surface area (Å²) in [4.78, 5) is 18.7. The minimum absolute atomic E-state index is 0.0486. The zero-order chi connectivity index (χ0) is 21.1. The maximum Gasteiger partial charge on any atom is 0.237 e. The summed E-state index contributed by atoms with van der Waals surface area (Å²) in [6.07, 6.45) is 1.07. The highest BCUT2D eigenvalue weighted by molar-refractivity contribution is 6.01. The number of aliphatic imine (C=N–C) groups is 1. The molecule has 1 aromatic rings. The Morgan fingerprint density at radius 3 is 2.46 bits per heavy atom. The van der Waals surface area contributed by atoms with Gasteiger partial charge in [-0.15, -0.1) is 0 Å². The molecule has 0 bridgehead atoms. The van der Waals surface area contributed by atoms with Gasteiger partial charge in [-0.2, -0.15) is 0 Å². The maximum absolute atomic E-state index is 14.9. The van der Waals surface area contributed by atoms with Crippen LogP contribution in [0, 0.1) is 16.6 Å². The molecule has 0 saturated heterocycles. The molecule has 1 aliphatic heterocycles. The van der Waals surface area contributed by atoms with E-state index < -0.39 is 22.9 Å². The average molecular weight is 391 g/mol. The molecule has 2 aliphatic rings. The molecule has 3 atom stereocenters. The number of hydrogen-bond donors (Lipinski definition) is 3. The van der Waals surface area contributed by atoms with Crippen molar-refractivity contribution < 1.29 is 14.3 Å². The second-order valence-corrected chi connectivity index (χ2v) is 9.62. The summed E-state index contributed by atoms with van der Waals surface area (Å²) in [5.41, 5.74) is 4.85. The molecule has 1 heterocycles. The summed E-state index contributed by atoms with van der Waals surface area (Å²) in [6.45, 7) is 9.49. The van der Waals surface area contributed by atoms with Crippen molar-refractivity contribution in [3.8, 4) is 0 Å². The van der Waals surface area contributed by atoms with Gasteiger partial charge in [0.25, 0.3) is 0 Å². The first-order chi connectivity index (χ1) is 12.8. The number of guanidine groups is 1. The van der Waals surface area contributed by atoms with Crippen molar-refractivity contribution in [3.05, 3.63) is 29.6 Å². The second kappa shape index (κ2) is 6.44. The molecule has 1 aromatic carbocycles. The lowest BCUT2D eigenvalue weighted by Crippen LogP contribution is -2.58. The number of amides is 1. The number of hydrogen-bond acceptors (Lipinski definition) is 5. The summed E-state index contributed by atoms with van der Waals surface area (Å²) in [7, 11) is 1.57. The van der Waals surface area contributed by atoms with Crippen molar-refractivity contribution in [1.29, 1.82) is 0 Å². The van der Waals surface area contributed by atoms with Gasteiger partial charge in [0.15, 0.2) is 5.96 Å². The van der Waals surface area contributed by atoms with Gasteiger partial charge in [0.05, 0.1) is 17.6 Å². The third kappa shape index (κ3) is 3.15. The minimum atomic E-state index is -1.16. The van der Waals surface area contributed by atoms with E-state index in [0.29, 0.717) is 17.7 Å². The zero-order valence-electron chi connectivity index (χ0n) is 17.5. The molecule has 6 nitrogen and oxygen atoms in total. The predicted octanol–water partition coefficient (Wildman–Crippen LogP) is 2.82. The maximum atomic E-state index is 14.9. The van der Waals surface area contributed by atoms with Crippen molar-refractivity contribution >= 4 is 17.6 Å². The lowest BCUT2D eigenvalue weighted by Gasteiger charge is -2.46. The Morgan fingerprint density at radius 1 is 1.25 bits per heavy atom. The molecule has 154 valence electrons. The summed E-state index contributed by atoms with van der Waals surface area (Å²) in [6, 6.07) is 4.60. The Morgan fingerprint density at radius 2 is 1.89 bits per heavy atom. The van der Waals surface area contributed by atoms with E-state index in [1.807, 2.05) is 0 Å². The van der Waals surface area contributed by atoms with Crippen molar-refractivity contribution in [2.24, 2.45) is 21.6 Å². The molecule has 4 N–H and O–H groups in total. The van der Waals surface area contributed by atoms with Crippen molar-refractivity contribution in [1.82, 2.24) is 4.90 Å². The van der Waals surface area contributed by atoms with Crippen LogP contribution >= 0.6 is 0 Å². The summed E-state index contributed by atoms with van der Waals surface area (Å²) >= 11 is 0. The van der Waals surface area contributed by atoms with Gasteiger partial charge in [-0.1, -0.05) is 13.8 Å². The fourth-order valence-corrected chi connectivity index (χ4v) is 4.44. The van der Waals surface area contributed by atoms with E-state index in [9.17, 15) is 14.3 Å². The van der Waals surface area contributed by atoms with Gasteiger partial charge in [0.2, 0.25) is 5.91 Å². The first-order valence-corrected chi connectivity index (χ1v) is 9.67. The molecule has 0 radical (unpaired) electrons. The highest BCUT2D eigenvalue weighted by atomic mass is 19.1. The van der Waals surface area contributed by atoms with Gasteiger partial charge in [0.1, 0.15) is 11.4 Å². The van der Waals surface area contributed by atoms with Crippen LogP contribution in [0.15, 0.2) is 23.2 Å². The van der Waals surface area contributed by atoms with Crippen molar-refractivity contribution in [3.63, 3.8) is 0 Å². The molecule has 1 amide bonds.